The third-order valence-electron chi connectivity index (χ3n) is 2.69. The molecule has 3 nitrogen and oxygen atoms in total. The summed E-state index contributed by atoms with van der Waals surface area (Å²) in [6, 6.07) is 7.96. The molecule has 0 aliphatic carbocycles. The van der Waals surface area contributed by atoms with Crippen LogP contribution in [-0.4, -0.2) is 12.1 Å². The molecule has 0 atom stereocenters. The first-order valence-electron chi connectivity index (χ1n) is 5.64. The van der Waals surface area contributed by atoms with Crippen LogP contribution in [0.2, 0.25) is 0 Å². The van der Waals surface area contributed by atoms with E-state index in [-0.39, 0.29) is 0 Å². The van der Waals surface area contributed by atoms with Gasteiger partial charge >= 0.3 is 0 Å². The molecule has 2 aromatic rings. The highest BCUT2D eigenvalue weighted by Crippen LogP contribution is 2.31. The monoisotopic (exact) mass is 306 g/mol. The van der Waals surface area contributed by atoms with Gasteiger partial charge in [-0.15, -0.1) is 0 Å². The van der Waals surface area contributed by atoms with Crippen molar-refractivity contribution in [1.82, 2.24) is 4.98 Å². The van der Waals surface area contributed by atoms with Crippen LogP contribution >= 0.6 is 15.9 Å². The van der Waals surface area contributed by atoms with Crippen molar-refractivity contribution < 1.29 is 4.74 Å². The van der Waals surface area contributed by atoms with Gasteiger partial charge in [-0.25, -0.2) is 4.98 Å². The largest absolute Gasteiger partial charge is 0.495 e. The van der Waals surface area contributed by atoms with Crippen LogP contribution in [0.15, 0.2) is 34.9 Å². The number of benzene rings is 1. The quantitative estimate of drug-likeness (QED) is 0.922. The lowest BCUT2D eigenvalue weighted by Gasteiger charge is -2.13. The first-order chi connectivity index (χ1) is 8.61. The van der Waals surface area contributed by atoms with Gasteiger partial charge in [-0.2, -0.15) is 0 Å². The van der Waals surface area contributed by atoms with Crippen LogP contribution in [0.3, 0.4) is 0 Å². The van der Waals surface area contributed by atoms with E-state index in [0.717, 1.165) is 27.3 Å². The average molecular weight is 307 g/mol. The summed E-state index contributed by atoms with van der Waals surface area (Å²) in [5.41, 5.74) is 3.22. The van der Waals surface area contributed by atoms with Crippen LogP contribution in [-0.2, 0) is 0 Å². The summed E-state index contributed by atoms with van der Waals surface area (Å²) >= 11 is 3.54. The Hall–Kier alpha value is -1.55. The minimum absolute atomic E-state index is 0.791. The summed E-state index contributed by atoms with van der Waals surface area (Å²) in [4.78, 5) is 4.33. The fourth-order valence-electron chi connectivity index (χ4n) is 1.67. The molecular weight excluding hydrogens is 292 g/mol. The molecule has 0 fully saturated rings. The van der Waals surface area contributed by atoms with Gasteiger partial charge in [-0.05, 0) is 59.1 Å². The number of nitrogens with one attached hydrogen (secondary N) is 1. The molecule has 0 unspecified atom stereocenters. The van der Waals surface area contributed by atoms with Crippen molar-refractivity contribution in [3.63, 3.8) is 0 Å². The van der Waals surface area contributed by atoms with Crippen molar-refractivity contribution in [2.45, 2.75) is 13.8 Å². The van der Waals surface area contributed by atoms with E-state index >= 15 is 0 Å². The second kappa shape index (κ2) is 5.40. The van der Waals surface area contributed by atoms with Crippen LogP contribution in [0, 0.1) is 13.8 Å². The molecule has 0 radical (unpaired) electrons. The third kappa shape index (κ3) is 2.64. The number of hydrogen-bond acceptors (Lipinski definition) is 3. The first kappa shape index (κ1) is 12.9. The van der Waals surface area contributed by atoms with E-state index in [2.05, 4.69) is 26.2 Å². The molecule has 0 aliphatic rings. The van der Waals surface area contributed by atoms with Gasteiger partial charge in [0.1, 0.15) is 11.6 Å². The molecule has 1 N–H and O–H groups in total. The van der Waals surface area contributed by atoms with Gasteiger partial charge in [0.15, 0.2) is 0 Å². The van der Waals surface area contributed by atoms with Crippen molar-refractivity contribution in [1.29, 1.82) is 0 Å². The van der Waals surface area contributed by atoms with Crippen molar-refractivity contribution in [3.8, 4) is 5.75 Å². The van der Waals surface area contributed by atoms with E-state index in [1.807, 2.05) is 38.1 Å². The minimum Gasteiger partial charge on any atom is -0.495 e. The van der Waals surface area contributed by atoms with Crippen LogP contribution in [0.1, 0.15) is 11.1 Å². The highest BCUT2D eigenvalue weighted by molar-refractivity contribution is 9.10. The average Bonchev–Trinajstić information content (AvgIpc) is 2.35. The SMILES string of the molecule is COc1ccc(C)cc1Nc1nccc(C)c1Br. The van der Waals surface area contributed by atoms with E-state index in [9.17, 15) is 0 Å². The van der Waals surface area contributed by atoms with E-state index in [1.165, 1.54) is 5.56 Å². The second-order valence-electron chi connectivity index (χ2n) is 4.12. The number of aryl methyl sites for hydroxylation is 2. The minimum atomic E-state index is 0.791. The Labute approximate surface area is 115 Å². The van der Waals surface area contributed by atoms with Gasteiger partial charge in [-0.3, -0.25) is 0 Å². The molecule has 4 heteroatoms. The number of rotatable bonds is 3. The van der Waals surface area contributed by atoms with Crippen LogP contribution in [0.25, 0.3) is 0 Å². The summed E-state index contributed by atoms with van der Waals surface area (Å²) in [6.45, 7) is 4.08. The fourth-order valence-corrected chi connectivity index (χ4v) is 2.01. The maximum atomic E-state index is 5.34. The molecule has 1 heterocycles. The number of ether oxygens (including phenoxy) is 1. The maximum Gasteiger partial charge on any atom is 0.145 e. The highest BCUT2D eigenvalue weighted by Gasteiger charge is 2.08. The van der Waals surface area contributed by atoms with E-state index in [4.69, 9.17) is 4.74 Å². The summed E-state index contributed by atoms with van der Waals surface area (Å²) in [5.74, 6) is 1.59. The standard InChI is InChI=1S/C14H15BrN2O/c1-9-4-5-12(18-3)11(8-9)17-14-13(15)10(2)6-7-16-14/h4-8H,1-3H3,(H,16,17). The molecule has 94 valence electrons. The number of aromatic nitrogens is 1. The highest BCUT2D eigenvalue weighted by atomic mass is 79.9. The van der Waals surface area contributed by atoms with E-state index in [1.54, 1.807) is 13.3 Å². The van der Waals surface area contributed by atoms with Crippen molar-refractivity contribution in [2.75, 3.05) is 12.4 Å². The molecule has 0 amide bonds. The molecule has 0 spiro atoms. The Morgan fingerprint density at radius 3 is 2.72 bits per heavy atom. The molecule has 18 heavy (non-hydrogen) atoms. The maximum absolute atomic E-state index is 5.34. The predicted molar refractivity (Wildman–Crippen MR) is 77.7 cm³/mol. The summed E-state index contributed by atoms with van der Waals surface area (Å²) in [5, 5.41) is 3.29. The lowest BCUT2D eigenvalue weighted by Crippen LogP contribution is -1.98. The van der Waals surface area contributed by atoms with Crippen LogP contribution in [0.4, 0.5) is 11.5 Å². The third-order valence-corrected chi connectivity index (χ3v) is 3.69. The molecule has 0 bridgehead atoms. The van der Waals surface area contributed by atoms with E-state index < -0.39 is 0 Å². The zero-order valence-electron chi connectivity index (χ0n) is 10.6. The number of hydrogen-bond donors (Lipinski definition) is 1. The van der Waals surface area contributed by atoms with Gasteiger partial charge in [0, 0.05) is 6.20 Å². The molecule has 0 saturated carbocycles. The normalized spacial score (nSPS) is 10.2. The summed E-state index contributed by atoms with van der Waals surface area (Å²) in [6.07, 6.45) is 1.78. The Balaban J connectivity index is 2.39. The van der Waals surface area contributed by atoms with Gasteiger partial charge in [-0.1, -0.05) is 6.07 Å². The molecule has 1 aromatic heterocycles. The molecule has 0 aliphatic heterocycles. The van der Waals surface area contributed by atoms with Gasteiger partial charge < -0.3 is 10.1 Å². The fraction of sp³-hybridized carbons (Fsp3) is 0.214. The molecule has 2 rings (SSSR count). The molecular formula is C14H15BrN2O. The predicted octanol–water partition coefficient (Wildman–Crippen LogP) is 4.21. The number of anilines is 2. The summed E-state index contributed by atoms with van der Waals surface area (Å²) < 4.78 is 6.30. The first-order valence-corrected chi connectivity index (χ1v) is 6.44. The zero-order valence-corrected chi connectivity index (χ0v) is 12.2. The van der Waals surface area contributed by atoms with E-state index in [0.29, 0.717) is 0 Å². The van der Waals surface area contributed by atoms with Gasteiger partial charge in [0.2, 0.25) is 0 Å². The van der Waals surface area contributed by atoms with Crippen molar-refractivity contribution in [2.24, 2.45) is 0 Å². The number of pyridine rings is 1. The lowest BCUT2D eigenvalue weighted by molar-refractivity contribution is 0.416. The Morgan fingerprint density at radius 2 is 2.00 bits per heavy atom. The topological polar surface area (TPSA) is 34.1 Å². The Bertz CT molecular complexity index is 570. The Morgan fingerprint density at radius 1 is 1.22 bits per heavy atom. The van der Waals surface area contributed by atoms with Gasteiger partial charge in [0.25, 0.3) is 0 Å². The Kier molecular flexibility index (Phi) is 3.87. The summed E-state index contributed by atoms with van der Waals surface area (Å²) in [7, 11) is 1.66. The van der Waals surface area contributed by atoms with Crippen LogP contribution < -0.4 is 10.1 Å². The smallest absolute Gasteiger partial charge is 0.145 e. The number of halogens is 1. The number of nitrogens with zero attached hydrogens (tertiary/aromatic N) is 1. The van der Waals surface area contributed by atoms with Crippen molar-refractivity contribution >= 4 is 27.4 Å². The van der Waals surface area contributed by atoms with Crippen molar-refractivity contribution in [3.05, 3.63) is 46.1 Å². The zero-order chi connectivity index (χ0) is 13.1. The second-order valence-corrected chi connectivity index (χ2v) is 4.91. The molecule has 0 saturated heterocycles. The van der Waals surface area contributed by atoms with Crippen LogP contribution in [0.5, 0.6) is 5.75 Å². The lowest BCUT2D eigenvalue weighted by atomic mass is 10.2. The molecule has 1 aromatic carbocycles. The number of methoxy groups -OCH3 is 1. The van der Waals surface area contributed by atoms with Gasteiger partial charge in [0.05, 0.1) is 17.3 Å².